The van der Waals surface area contributed by atoms with Crippen LogP contribution in [0.5, 0.6) is 0 Å². The molecule has 160 valence electrons. The maximum Gasteiger partial charge on any atom is 0.473 e. The molecule has 3 unspecified atom stereocenters. The third-order valence-electron chi connectivity index (χ3n) is 3.25. The van der Waals surface area contributed by atoms with Crippen LogP contribution in [0.2, 0.25) is 0 Å². The van der Waals surface area contributed by atoms with Gasteiger partial charge in [0.1, 0.15) is 26.2 Å². The van der Waals surface area contributed by atoms with E-state index in [0.29, 0.717) is 0 Å². The summed E-state index contributed by atoms with van der Waals surface area (Å²) in [6, 6.07) is -0.509. The van der Waals surface area contributed by atoms with E-state index in [1.165, 1.54) is 7.11 Å². The van der Waals surface area contributed by atoms with E-state index in [2.05, 4.69) is 0 Å². The Labute approximate surface area is 161 Å². The second kappa shape index (κ2) is 8.92. The average molecular weight is 432 g/mol. The number of ether oxygens (including phenoxy) is 2. The van der Waals surface area contributed by atoms with E-state index in [-0.39, 0.29) is 0 Å². The van der Waals surface area contributed by atoms with E-state index < -0.39 is 57.8 Å². The molecule has 1 aliphatic rings. The van der Waals surface area contributed by atoms with E-state index in [9.17, 15) is 18.9 Å². The van der Waals surface area contributed by atoms with Crippen LogP contribution in [-0.2, 0) is 36.7 Å². The normalized spacial score (nSPS) is 31.4. The first-order chi connectivity index (χ1) is 11.9. The summed E-state index contributed by atoms with van der Waals surface area (Å²) in [6.45, 7) is 9.21. The predicted molar refractivity (Wildman–Crippen MR) is 100 cm³/mol. The molecule has 1 heterocycles. The lowest BCUT2D eigenvalue weighted by Gasteiger charge is -2.29. The zero-order chi connectivity index (χ0) is 21.3. The highest BCUT2D eigenvalue weighted by Gasteiger charge is 2.48. The van der Waals surface area contributed by atoms with Crippen molar-refractivity contribution in [3.05, 3.63) is 0 Å². The third-order valence-corrected chi connectivity index (χ3v) is 5.79. The van der Waals surface area contributed by atoms with Crippen molar-refractivity contribution in [2.75, 3.05) is 13.7 Å². The molecule has 0 spiro atoms. The van der Waals surface area contributed by atoms with Crippen LogP contribution in [0.4, 0.5) is 0 Å². The van der Waals surface area contributed by atoms with Crippen molar-refractivity contribution in [3.63, 3.8) is 0 Å². The number of phosphoric acid groups is 2. The molecule has 1 fully saturated rings. The van der Waals surface area contributed by atoms with Gasteiger partial charge < -0.3 is 19.3 Å². The van der Waals surface area contributed by atoms with E-state index in [1.54, 1.807) is 49.4 Å². The molecule has 1 rings (SSSR count). The van der Waals surface area contributed by atoms with Gasteiger partial charge in [-0.25, -0.2) is 9.13 Å². The quantitative estimate of drug-likeness (QED) is 0.431. The minimum atomic E-state index is -4.45. The van der Waals surface area contributed by atoms with E-state index >= 15 is 0 Å². The summed E-state index contributed by atoms with van der Waals surface area (Å²) in [7, 11) is -5.74. The number of methoxy groups -OCH3 is 1. The van der Waals surface area contributed by atoms with Gasteiger partial charge in [0.2, 0.25) is 0 Å². The van der Waals surface area contributed by atoms with Crippen LogP contribution >= 0.6 is 15.6 Å². The molecule has 0 aromatic rings. The van der Waals surface area contributed by atoms with Crippen LogP contribution in [0.15, 0.2) is 0 Å². The summed E-state index contributed by atoms with van der Waals surface area (Å²) in [5, 5.41) is 0. The first-order valence-electron chi connectivity index (χ1n) is 8.53. The van der Waals surface area contributed by atoms with Gasteiger partial charge in [0.25, 0.3) is 0 Å². The first kappa shape index (κ1) is 25.2. The van der Waals surface area contributed by atoms with Gasteiger partial charge in [-0.05, 0) is 41.5 Å². The molecule has 13 heteroatoms. The lowest BCUT2D eigenvalue weighted by Crippen LogP contribution is -2.38. The number of hydrogen-bond acceptors (Lipinski definition) is 8. The van der Waals surface area contributed by atoms with Crippen molar-refractivity contribution in [1.82, 2.24) is 0 Å². The molecule has 1 saturated heterocycles. The second-order valence-corrected chi connectivity index (χ2v) is 11.0. The maximum atomic E-state index is 12.3. The predicted octanol–water partition coefficient (Wildman–Crippen LogP) is 1.59. The van der Waals surface area contributed by atoms with E-state index in [1.807, 2.05) is 0 Å². The van der Waals surface area contributed by atoms with Crippen LogP contribution < -0.4 is 0 Å². The fraction of sp³-hybridized carbons (Fsp3) is 1.00. The van der Waals surface area contributed by atoms with Crippen molar-refractivity contribution >= 4 is 23.5 Å². The minimum Gasteiger partial charge on any atom is -0.377 e. The monoisotopic (exact) mass is 432 g/mol. The lowest BCUT2D eigenvalue weighted by atomic mass is 9.93. The van der Waals surface area contributed by atoms with Crippen LogP contribution in [0, 0.1) is 0 Å². The Kier molecular flexibility index (Phi) is 8.34. The van der Waals surface area contributed by atoms with E-state index in [0.717, 1.165) is 0 Å². The lowest BCUT2D eigenvalue weighted by molar-refractivity contribution is -0.0345. The smallest absolute Gasteiger partial charge is 0.377 e. The molecule has 1 aliphatic heterocycles. The molecule has 0 saturated carbocycles. The number of rotatable bonds is 8. The largest absolute Gasteiger partial charge is 0.473 e. The summed E-state index contributed by atoms with van der Waals surface area (Å²) in [5.41, 5.74) is -1.83. The Morgan fingerprint density at radius 2 is 1.44 bits per heavy atom. The molecule has 0 bridgehead atoms. The van der Waals surface area contributed by atoms with Gasteiger partial charge >= 0.3 is 15.6 Å². The average Bonchev–Trinajstić information content (AvgIpc) is 2.65. The Hall–Kier alpha value is 0.205. The van der Waals surface area contributed by atoms with Crippen molar-refractivity contribution in [2.45, 2.75) is 77.1 Å². The fourth-order valence-electron chi connectivity index (χ4n) is 2.56. The molecule has 0 amide bonds. The summed E-state index contributed by atoms with van der Waals surface area (Å²) in [6.07, 6.45) is -2.71. The molecule has 2 N–H and O–H groups in total. The maximum absolute atomic E-state index is 12.3. The Balaban J connectivity index is 2.88. The molecule has 0 aliphatic carbocycles. The minimum absolute atomic E-state index is 0.408. The van der Waals surface area contributed by atoms with Crippen LogP contribution in [0.1, 0.15) is 41.5 Å². The highest BCUT2D eigenvalue weighted by atomic mass is 31.2. The molecule has 0 radical (unpaired) electrons. The van der Waals surface area contributed by atoms with Crippen molar-refractivity contribution in [2.24, 2.45) is 0 Å². The highest BCUT2D eigenvalue weighted by Crippen LogP contribution is 2.51. The van der Waals surface area contributed by atoms with Crippen molar-refractivity contribution in [1.29, 1.82) is 0 Å². The Morgan fingerprint density at radius 3 is 1.89 bits per heavy atom. The van der Waals surface area contributed by atoms with Crippen molar-refractivity contribution < 1.29 is 46.5 Å². The molecule has 6 atom stereocenters. The molecular weight excluding hydrogens is 401 g/mol. The van der Waals surface area contributed by atoms with Gasteiger partial charge in [0.05, 0.1) is 23.8 Å². The number of hydrogen-bond donors (Lipinski definition) is 2. The van der Waals surface area contributed by atoms with Gasteiger partial charge in [0.15, 0.2) is 0 Å². The first-order valence-corrected chi connectivity index (χ1v) is 11.5. The molecule has 10 nitrogen and oxygen atoms in total. The Bertz CT molecular complexity index is 587. The molecular formula is C14H31BO10P2. The van der Waals surface area contributed by atoms with E-state index in [4.69, 9.17) is 27.6 Å². The second-order valence-electron chi connectivity index (χ2n) is 8.29. The van der Waals surface area contributed by atoms with Gasteiger partial charge in [-0.3, -0.25) is 18.1 Å². The molecule has 0 aromatic heterocycles. The van der Waals surface area contributed by atoms with Gasteiger partial charge in [-0.15, -0.1) is 0 Å². The Morgan fingerprint density at radius 1 is 0.963 bits per heavy atom. The third kappa shape index (κ3) is 9.04. The zero-order valence-corrected chi connectivity index (χ0v) is 18.9. The van der Waals surface area contributed by atoms with Crippen LogP contribution in [0.25, 0.3) is 0 Å². The molecule has 27 heavy (non-hydrogen) atoms. The summed E-state index contributed by atoms with van der Waals surface area (Å²) in [5.74, 6) is 0. The summed E-state index contributed by atoms with van der Waals surface area (Å²) >= 11 is 0. The topological polar surface area (TPSA) is 130 Å². The highest BCUT2D eigenvalue weighted by molar-refractivity contribution is 7.47. The van der Waals surface area contributed by atoms with Crippen LogP contribution in [-0.4, -0.2) is 66.9 Å². The molecule has 0 aromatic carbocycles. The standard InChI is InChI=1S/C14H31BO10P2/c1-13(2,3)24-26(16,17)21-8-9-10(11(20-7)12(15)22-9)23-27(18,19)25-14(4,5)6/h9-12H,8,15H2,1-7H3,(H,16,17)(H,18,19)/t9-,10+,11?,12-/m1/s1. The SMILES string of the molecule is B[C@@H]1O[C@H](COP(=O)(O)OC(C)(C)C)[C@H](OP(=O)(O)OC(C)(C)C)C1OC. The van der Waals surface area contributed by atoms with Gasteiger partial charge in [0, 0.05) is 7.11 Å². The van der Waals surface area contributed by atoms with Crippen LogP contribution in [0.3, 0.4) is 0 Å². The summed E-state index contributed by atoms with van der Waals surface area (Å²) in [4.78, 5) is 19.9. The van der Waals surface area contributed by atoms with Crippen molar-refractivity contribution in [3.8, 4) is 0 Å². The number of phosphoric ester groups is 2. The van der Waals surface area contributed by atoms with Gasteiger partial charge in [-0.2, -0.15) is 0 Å². The zero-order valence-electron chi connectivity index (χ0n) is 17.1. The fourth-order valence-corrected chi connectivity index (χ4v) is 4.94. The van der Waals surface area contributed by atoms with Gasteiger partial charge in [-0.1, -0.05) is 0 Å². The summed E-state index contributed by atoms with van der Waals surface area (Å²) < 4.78 is 55.6.